The molecule has 4 N–H and O–H groups in total. The highest BCUT2D eigenvalue weighted by Crippen LogP contribution is 2.26. The van der Waals surface area contributed by atoms with Crippen molar-refractivity contribution in [3.63, 3.8) is 0 Å². The molecule has 0 unspecified atom stereocenters. The summed E-state index contributed by atoms with van der Waals surface area (Å²) in [5.41, 5.74) is 7.91. The van der Waals surface area contributed by atoms with E-state index >= 15 is 0 Å². The van der Waals surface area contributed by atoms with Gasteiger partial charge in [0, 0.05) is 5.38 Å². The van der Waals surface area contributed by atoms with Gasteiger partial charge in [-0.3, -0.25) is 0 Å². The third-order valence-corrected chi connectivity index (χ3v) is 3.04. The lowest BCUT2D eigenvalue weighted by Gasteiger charge is -2.07. The third kappa shape index (κ3) is 2.54. The molecule has 5 nitrogen and oxygen atoms in total. The molecule has 1 heterocycles. The van der Waals surface area contributed by atoms with Crippen molar-refractivity contribution in [3.05, 3.63) is 34.8 Å². The van der Waals surface area contributed by atoms with E-state index in [0.717, 1.165) is 5.69 Å². The quantitative estimate of drug-likeness (QED) is 0.727. The van der Waals surface area contributed by atoms with Gasteiger partial charge in [-0.2, -0.15) is 0 Å². The van der Waals surface area contributed by atoms with Crippen molar-refractivity contribution in [1.82, 2.24) is 4.98 Å². The van der Waals surface area contributed by atoms with E-state index in [-0.39, 0.29) is 5.56 Å². The highest BCUT2D eigenvalue weighted by molar-refractivity contribution is 7.13. The number of benzene rings is 1. The van der Waals surface area contributed by atoms with E-state index in [0.29, 0.717) is 16.5 Å². The molecule has 0 amide bonds. The molecule has 0 fully saturated rings. The van der Waals surface area contributed by atoms with Crippen molar-refractivity contribution < 1.29 is 9.90 Å². The molecule has 0 bridgehead atoms. The van der Waals surface area contributed by atoms with Gasteiger partial charge in [-0.15, -0.1) is 11.3 Å². The van der Waals surface area contributed by atoms with Gasteiger partial charge in [0.15, 0.2) is 5.13 Å². The van der Waals surface area contributed by atoms with E-state index in [1.807, 2.05) is 12.3 Å². The van der Waals surface area contributed by atoms with Crippen molar-refractivity contribution in [3.8, 4) is 0 Å². The molecule has 0 spiro atoms. The van der Waals surface area contributed by atoms with Crippen LogP contribution in [0.2, 0.25) is 0 Å². The Hall–Kier alpha value is -2.08. The minimum absolute atomic E-state index is 0.190. The van der Waals surface area contributed by atoms with Crippen molar-refractivity contribution in [2.75, 3.05) is 11.1 Å². The number of thiazole rings is 1. The van der Waals surface area contributed by atoms with Gasteiger partial charge < -0.3 is 16.2 Å². The van der Waals surface area contributed by atoms with Crippen LogP contribution in [0.3, 0.4) is 0 Å². The number of hydrogen-bond acceptors (Lipinski definition) is 5. The number of aromatic carboxylic acids is 1. The van der Waals surface area contributed by atoms with Crippen LogP contribution in [-0.4, -0.2) is 16.1 Å². The molecule has 17 heavy (non-hydrogen) atoms. The molecule has 2 rings (SSSR count). The zero-order valence-electron chi connectivity index (χ0n) is 9.10. The highest BCUT2D eigenvalue weighted by Gasteiger charge is 2.08. The Kier molecular flexibility index (Phi) is 2.97. The summed E-state index contributed by atoms with van der Waals surface area (Å²) in [7, 11) is 0. The van der Waals surface area contributed by atoms with Crippen molar-refractivity contribution in [2.24, 2.45) is 0 Å². The molecule has 2 aromatic rings. The number of aryl methyl sites for hydroxylation is 1. The summed E-state index contributed by atoms with van der Waals surface area (Å²) in [6, 6.07) is 4.52. The second kappa shape index (κ2) is 4.42. The molecule has 0 aliphatic carbocycles. The predicted octanol–water partition coefficient (Wildman–Crippen LogP) is 2.48. The highest BCUT2D eigenvalue weighted by atomic mass is 32.1. The average molecular weight is 249 g/mol. The number of aromatic nitrogens is 1. The average Bonchev–Trinajstić information content (AvgIpc) is 2.67. The number of carboxylic acids is 1. The van der Waals surface area contributed by atoms with Crippen LogP contribution in [0.5, 0.6) is 0 Å². The normalized spacial score (nSPS) is 10.2. The van der Waals surface area contributed by atoms with E-state index in [9.17, 15) is 4.79 Å². The van der Waals surface area contributed by atoms with Crippen LogP contribution >= 0.6 is 11.3 Å². The molecular weight excluding hydrogens is 238 g/mol. The molecule has 0 saturated carbocycles. The smallest absolute Gasteiger partial charge is 0.335 e. The Morgan fingerprint density at radius 3 is 2.88 bits per heavy atom. The van der Waals surface area contributed by atoms with Crippen LogP contribution < -0.4 is 11.1 Å². The maximum atomic E-state index is 10.8. The third-order valence-electron chi connectivity index (χ3n) is 2.16. The summed E-state index contributed by atoms with van der Waals surface area (Å²) in [5, 5.41) is 14.5. The second-order valence-electron chi connectivity index (χ2n) is 3.53. The van der Waals surface area contributed by atoms with E-state index in [2.05, 4.69) is 10.3 Å². The summed E-state index contributed by atoms with van der Waals surface area (Å²) >= 11 is 1.44. The zero-order chi connectivity index (χ0) is 12.4. The first-order chi connectivity index (χ1) is 8.06. The molecule has 0 saturated heterocycles. The number of anilines is 3. The predicted molar refractivity (Wildman–Crippen MR) is 67.9 cm³/mol. The summed E-state index contributed by atoms with van der Waals surface area (Å²) in [6.07, 6.45) is 0. The minimum Gasteiger partial charge on any atom is -0.478 e. The van der Waals surface area contributed by atoms with Gasteiger partial charge in [0.2, 0.25) is 0 Å². The molecule has 1 aromatic carbocycles. The molecule has 6 heteroatoms. The lowest BCUT2D eigenvalue weighted by molar-refractivity contribution is 0.0697. The van der Waals surface area contributed by atoms with Crippen LogP contribution in [0, 0.1) is 6.92 Å². The maximum Gasteiger partial charge on any atom is 0.335 e. The lowest BCUT2D eigenvalue weighted by atomic mass is 10.2. The molecule has 0 atom stereocenters. The van der Waals surface area contributed by atoms with Crippen molar-refractivity contribution in [2.45, 2.75) is 6.92 Å². The first kappa shape index (κ1) is 11.4. The number of rotatable bonds is 3. The van der Waals surface area contributed by atoms with Crippen LogP contribution in [0.1, 0.15) is 16.1 Å². The number of carboxylic acid groups (broad SMARTS) is 1. The number of nitrogens with one attached hydrogen (secondary N) is 1. The molecule has 0 aliphatic rings. The number of nitrogens with two attached hydrogens (primary N) is 1. The molecule has 0 aliphatic heterocycles. The summed E-state index contributed by atoms with van der Waals surface area (Å²) in [5.74, 6) is -0.983. The Bertz CT molecular complexity index is 566. The van der Waals surface area contributed by atoms with Crippen molar-refractivity contribution >= 4 is 33.8 Å². The monoisotopic (exact) mass is 249 g/mol. The first-order valence-electron chi connectivity index (χ1n) is 4.88. The summed E-state index contributed by atoms with van der Waals surface area (Å²) in [4.78, 5) is 15.1. The number of nitrogens with zero attached hydrogens (tertiary/aromatic N) is 1. The van der Waals surface area contributed by atoms with Crippen molar-refractivity contribution in [1.29, 1.82) is 0 Å². The van der Waals surface area contributed by atoms with Gasteiger partial charge in [-0.1, -0.05) is 0 Å². The van der Waals surface area contributed by atoms with Gasteiger partial charge in [0.1, 0.15) is 0 Å². The van der Waals surface area contributed by atoms with E-state index in [4.69, 9.17) is 10.8 Å². The SMILES string of the molecule is Cc1csc(Nc2cc(C(=O)O)ccc2N)n1. The minimum atomic E-state index is -0.983. The zero-order valence-corrected chi connectivity index (χ0v) is 9.91. The van der Waals surface area contributed by atoms with Gasteiger partial charge in [0.25, 0.3) is 0 Å². The largest absolute Gasteiger partial charge is 0.478 e. The van der Waals surface area contributed by atoms with Crippen LogP contribution in [0.25, 0.3) is 0 Å². The van der Waals surface area contributed by atoms with Gasteiger partial charge in [-0.25, -0.2) is 9.78 Å². The summed E-state index contributed by atoms with van der Waals surface area (Å²) < 4.78 is 0. The Morgan fingerprint density at radius 1 is 1.53 bits per heavy atom. The maximum absolute atomic E-state index is 10.8. The molecule has 1 aromatic heterocycles. The van der Waals surface area contributed by atoms with E-state index < -0.39 is 5.97 Å². The van der Waals surface area contributed by atoms with E-state index in [1.165, 1.54) is 23.5 Å². The lowest BCUT2D eigenvalue weighted by Crippen LogP contribution is -2.01. The van der Waals surface area contributed by atoms with Gasteiger partial charge in [-0.05, 0) is 25.1 Å². The number of carbonyl (C=O) groups is 1. The Morgan fingerprint density at radius 2 is 2.29 bits per heavy atom. The van der Waals surface area contributed by atoms with Gasteiger partial charge >= 0.3 is 5.97 Å². The molecule has 88 valence electrons. The molecular formula is C11H11N3O2S. The standard InChI is InChI=1S/C11H11N3O2S/c1-6-5-17-11(13-6)14-9-4-7(10(15)16)2-3-8(9)12/h2-5H,12H2,1H3,(H,13,14)(H,15,16). The Balaban J connectivity index is 2.31. The van der Waals surface area contributed by atoms with E-state index in [1.54, 1.807) is 6.07 Å². The number of nitrogen functional groups attached to an aromatic ring is 1. The fourth-order valence-corrected chi connectivity index (χ4v) is 2.02. The number of hydrogen-bond donors (Lipinski definition) is 3. The van der Waals surface area contributed by atoms with Crippen LogP contribution in [0.4, 0.5) is 16.5 Å². The van der Waals surface area contributed by atoms with Crippen LogP contribution in [-0.2, 0) is 0 Å². The fraction of sp³-hybridized carbons (Fsp3) is 0.0909. The topological polar surface area (TPSA) is 88.2 Å². The van der Waals surface area contributed by atoms with Gasteiger partial charge in [0.05, 0.1) is 22.6 Å². The summed E-state index contributed by atoms with van der Waals surface area (Å²) in [6.45, 7) is 1.89. The molecule has 0 radical (unpaired) electrons. The Labute approximate surface area is 102 Å². The first-order valence-corrected chi connectivity index (χ1v) is 5.76. The van der Waals surface area contributed by atoms with Crippen LogP contribution in [0.15, 0.2) is 23.6 Å². The fourth-order valence-electron chi connectivity index (χ4n) is 1.32. The second-order valence-corrected chi connectivity index (χ2v) is 4.38.